The van der Waals surface area contributed by atoms with Gasteiger partial charge in [0.1, 0.15) is 11.6 Å². The second-order valence-corrected chi connectivity index (χ2v) is 9.15. The quantitative estimate of drug-likeness (QED) is 0.214. The Morgan fingerprint density at radius 1 is 1.03 bits per heavy atom. The van der Waals surface area contributed by atoms with Crippen molar-refractivity contribution in [2.24, 2.45) is 5.84 Å². The summed E-state index contributed by atoms with van der Waals surface area (Å²) in [5.74, 6) is 7.03. The van der Waals surface area contributed by atoms with Gasteiger partial charge in [-0.2, -0.15) is 5.10 Å². The highest BCUT2D eigenvalue weighted by Gasteiger charge is 2.24. The van der Waals surface area contributed by atoms with Crippen LogP contribution in [0, 0.1) is 0 Å². The van der Waals surface area contributed by atoms with E-state index in [0.717, 1.165) is 45.6 Å². The highest BCUT2D eigenvalue weighted by atomic mass is 16.5. The van der Waals surface area contributed by atoms with Crippen LogP contribution in [0.25, 0.3) is 0 Å². The fourth-order valence-electron chi connectivity index (χ4n) is 4.65. The molecule has 10 nitrogen and oxygen atoms in total. The van der Waals surface area contributed by atoms with E-state index in [9.17, 15) is 4.79 Å². The number of fused-ring (bicyclic) bond motifs is 1. The van der Waals surface area contributed by atoms with Gasteiger partial charge in [-0.3, -0.25) is 9.48 Å². The lowest BCUT2D eigenvalue weighted by molar-refractivity contribution is 0.0727. The summed E-state index contributed by atoms with van der Waals surface area (Å²) in [5.41, 5.74) is 20.7. The van der Waals surface area contributed by atoms with Crippen LogP contribution in [0.5, 0.6) is 5.75 Å². The molecule has 0 radical (unpaired) electrons. The second kappa shape index (κ2) is 10.2. The van der Waals surface area contributed by atoms with Gasteiger partial charge in [0.15, 0.2) is 5.82 Å². The number of aromatic nitrogens is 3. The minimum Gasteiger partial charge on any atom is -0.497 e. The third-order valence-electron chi connectivity index (χ3n) is 6.60. The maximum atomic E-state index is 13.3. The van der Waals surface area contributed by atoms with Crippen molar-refractivity contribution in [1.29, 1.82) is 0 Å². The molecule has 3 heterocycles. The third-order valence-corrected chi connectivity index (χ3v) is 6.60. The molecule has 0 unspecified atom stereocenters. The molecule has 37 heavy (non-hydrogen) atoms. The number of hydrogen-bond donors (Lipinski definition) is 4. The van der Waals surface area contributed by atoms with E-state index in [1.807, 2.05) is 46.1 Å². The molecule has 0 bridgehead atoms. The first-order chi connectivity index (χ1) is 17.9. The van der Waals surface area contributed by atoms with Crippen LogP contribution < -0.4 is 27.5 Å². The Morgan fingerprint density at radius 2 is 1.81 bits per heavy atom. The van der Waals surface area contributed by atoms with E-state index in [1.165, 1.54) is 0 Å². The number of anilines is 3. The maximum absolute atomic E-state index is 13.3. The molecule has 2 aromatic carbocycles. The van der Waals surface area contributed by atoms with Crippen LogP contribution in [-0.2, 0) is 25.9 Å². The van der Waals surface area contributed by atoms with Gasteiger partial charge in [-0.1, -0.05) is 24.3 Å². The molecule has 1 aliphatic rings. The van der Waals surface area contributed by atoms with Gasteiger partial charge in [0.2, 0.25) is 0 Å². The average molecular weight is 499 g/mol. The van der Waals surface area contributed by atoms with E-state index >= 15 is 0 Å². The highest BCUT2D eigenvalue weighted by Crippen LogP contribution is 2.26. The Bertz CT molecular complexity index is 1430. The molecule has 1 aliphatic heterocycles. The lowest BCUT2D eigenvalue weighted by Crippen LogP contribution is -2.37. The SMILES string of the molecule is COc1ccc(CN2CCc3ccc(Cn4cc(Cc5cc(N)nc(NN)c5N)cn4)cc3C2=O)cc1. The number of ether oxygens (including phenoxy) is 1. The number of nitrogen functional groups attached to an aromatic ring is 3. The van der Waals surface area contributed by atoms with Gasteiger partial charge in [0.05, 0.1) is 25.5 Å². The van der Waals surface area contributed by atoms with Crippen molar-refractivity contribution in [1.82, 2.24) is 19.7 Å². The zero-order valence-corrected chi connectivity index (χ0v) is 20.6. The van der Waals surface area contributed by atoms with Crippen LogP contribution in [0.2, 0.25) is 0 Å². The molecule has 4 aromatic rings. The number of nitrogens with one attached hydrogen (secondary N) is 1. The fourth-order valence-corrected chi connectivity index (χ4v) is 4.65. The van der Waals surface area contributed by atoms with Crippen molar-refractivity contribution in [2.75, 3.05) is 30.5 Å². The van der Waals surface area contributed by atoms with Gasteiger partial charge in [-0.05, 0) is 58.5 Å². The van der Waals surface area contributed by atoms with Crippen molar-refractivity contribution >= 4 is 23.2 Å². The molecule has 0 fully saturated rings. The average Bonchev–Trinajstić information content (AvgIpc) is 3.34. The molecule has 0 atom stereocenters. The Labute approximate surface area is 215 Å². The normalized spacial score (nSPS) is 12.9. The van der Waals surface area contributed by atoms with Crippen LogP contribution in [0.3, 0.4) is 0 Å². The van der Waals surface area contributed by atoms with Crippen LogP contribution in [0.1, 0.15) is 38.2 Å². The topological polar surface area (TPSA) is 150 Å². The number of nitrogens with zero attached hydrogens (tertiary/aromatic N) is 4. The van der Waals surface area contributed by atoms with E-state index in [1.54, 1.807) is 19.4 Å². The van der Waals surface area contributed by atoms with Crippen molar-refractivity contribution in [2.45, 2.75) is 25.9 Å². The maximum Gasteiger partial charge on any atom is 0.254 e. The van der Waals surface area contributed by atoms with Crippen molar-refractivity contribution in [3.05, 3.63) is 94.3 Å². The number of rotatable bonds is 8. The number of hydrogen-bond acceptors (Lipinski definition) is 8. The zero-order chi connectivity index (χ0) is 25.9. The van der Waals surface area contributed by atoms with Gasteiger partial charge in [-0.25, -0.2) is 10.8 Å². The molecule has 2 aromatic heterocycles. The highest BCUT2D eigenvalue weighted by molar-refractivity contribution is 5.97. The first-order valence-electron chi connectivity index (χ1n) is 12.0. The molecule has 0 aliphatic carbocycles. The van der Waals surface area contributed by atoms with E-state index < -0.39 is 0 Å². The number of pyridine rings is 1. The molecule has 190 valence electrons. The third kappa shape index (κ3) is 5.19. The van der Waals surface area contributed by atoms with Gasteiger partial charge >= 0.3 is 0 Å². The predicted molar refractivity (Wildman–Crippen MR) is 143 cm³/mol. The number of benzene rings is 2. The second-order valence-electron chi connectivity index (χ2n) is 9.15. The summed E-state index contributed by atoms with van der Waals surface area (Å²) in [6.45, 7) is 1.81. The number of methoxy groups -OCH3 is 1. The van der Waals surface area contributed by atoms with Crippen molar-refractivity contribution in [3.8, 4) is 5.75 Å². The Morgan fingerprint density at radius 3 is 2.57 bits per heavy atom. The number of nitrogens with two attached hydrogens (primary N) is 3. The lowest BCUT2D eigenvalue weighted by Gasteiger charge is -2.29. The van der Waals surface area contributed by atoms with E-state index in [0.29, 0.717) is 43.4 Å². The summed E-state index contributed by atoms with van der Waals surface area (Å²) < 4.78 is 7.08. The summed E-state index contributed by atoms with van der Waals surface area (Å²) >= 11 is 0. The molecule has 10 heteroatoms. The van der Waals surface area contributed by atoms with Crippen molar-refractivity contribution in [3.63, 3.8) is 0 Å². The van der Waals surface area contributed by atoms with Gasteiger partial charge in [0, 0.05) is 31.3 Å². The summed E-state index contributed by atoms with van der Waals surface area (Å²) in [4.78, 5) is 19.3. The van der Waals surface area contributed by atoms with Crippen LogP contribution in [0.15, 0.2) is 60.9 Å². The van der Waals surface area contributed by atoms with E-state index in [2.05, 4.69) is 27.6 Å². The monoisotopic (exact) mass is 498 g/mol. The molecular formula is C27H30N8O2. The molecule has 0 saturated carbocycles. The summed E-state index contributed by atoms with van der Waals surface area (Å²) in [6.07, 6.45) is 5.13. The van der Waals surface area contributed by atoms with Crippen LogP contribution in [0.4, 0.5) is 17.3 Å². The molecule has 5 rings (SSSR count). The Balaban J connectivity index is 1.29. The number of hydrazine groups is 1. The minimum absolute atomic E-state index is 0.0511. The largest absolute Gasteiger partial charge is 0.497 e. The Kier molecular flexibility index (Phi) is 6.65. The van der Waals surface area contributed by atoms with E-state index in [4.69, 9.17) is 22.0 Å². The molecule has 1 amide bonds. The van der Waals surface area contributed by atoms with Crippen LogP contribution in [-0.4, -0.2) is 39.2 Å². The summed E-state index contributed by atoms with van der Waals surface area (Å²) in [6, 6.07) is 15.7. The van der Waals surface area contributed by atoms with Gasteiger partial charge < -0.3 is 26.5 Å². The Hall–Kier alpha value is -4.57. The predicted octanol–water partition coefficient (Wildman–Crippen LogP) is 2.57. The zero-order valence-electron chi connectivity index (χ0n) is 20.6. The minimum atomic E-state index is 0.0511. The van der Waals surface area contributed by atoms with Crippen LogP contribution >= 0.6 is 0 Å². The smallest absolute Gasteiger partial charge is 0.254 e. The number of carbonyl (C=O) groups excluding carboxylic acids is 1. The molecule has 0 saturated heterocycles. The molecule has 7 N–H and O–H groups in total. The number of carbonyl (C=O) groups is 1. The first-order valence-corrected chi connectivity index (χ1v) is 12.0. The first kappa shape index (κ1) is 24.1. The van der Waals surface area contributed by atoms with Gasteiger partial charge in [0.25, 0.3) is 5.91 Å². The number of amides is 1. The van der Waals surface area contributed by atoms with E-state index in [-0.39, 0.29) is 5.91 Å². The fraction of sp³-hybridized carbons (Fsp3) is 0.222. The van der Waals surface area contributed by atoms with Crippen molar-refractivity contribution < 1.29 is 9.53 Å². The lowest BCUT2D eigenvalue weighted by atomic mass is 9.96. The standard InChI is InChI=1S/C27H30N8O2/c1-37-22-6-3-17(4-7-22)14-34-9-8-20-5-2-18(11-23(20)27(34)36)15-35-16-19(13-31-35)10-21-12-24(28)32-26(33-30)25(21)29/h2-7,11-13,16H,8-10,14-15,29-30H2,1H3,(H3,28,32,33). The summed E-state index contributed by atoms with van der Waals surface area (Å²) in [5, 5.41) is 4.50. The molecule has 0 spiro atoms. The molecular weight excluding hydrogens is 468 g/mol. The summed E-state index contributed by atoms with van der Waals surface area (Å²) in [7, 11) is 1.64. The van der Waals surface area contributed by atoms with Gasteiger partial charge in [-0.15, -0.1) is 0 Å².